The van der Waals surface area contributed by atoms with Crippen LogP contribution in [-0.4, -0.2) is 28.0 Å². The summed E-state index contributed by atoms with van der Waals surface area (Å²) in [5, 5.41) is 7.15. The minimum absolute atomic E-state index is 0.117. The topological polar surface area (TPSA) is 76.5 Å². The molecule has 0 spiro atoms. The highest BCUT2D eigenvalue weighted by Gasteiger charge is 2.07. The molecule has 0 aliphatic carbocycles. The maximum absolute atomic E-state index is 11.4. The zero-order chi connectivity index (χ0) is 17.1. The number of aryl methyl sites for hydroxylation is 1. The van der Waals surface area contributed by atoms with Gasteiger partial charge in [0.2, 0.25) is 12.4 Å². The van der Waals surface area contributed by atoms with E-state index in [1.807, 2.05) is 43.4 Å². The molecule has 0 fully saturated rings. The number of nitrogens with two attached hydrogens (primary N) is 1. The highest BCUT2D eigenvalue weighted by atomic mass is 16.1. The largest absolute Gasteiger partial charge is 0.369 e. The van der Waals surface area contributed by atoms with Gasteiger partial charge in [-0.3, -0.25) is 9.80 Å². The zero-order valence-electron chi connectivity index (χ0n) is 13.7. The van der Waals surface area contributed by atoms with Crippen molar-refractivity contribution in [1.82, 2.24) is 14.6 Å². The highest BCUT2D eigenvalue weighted by Crippen LogP contribution is 2.10. The fraction of sp³-hybridized carbons (Fsp3) is 0.167. The van der Waals surface area contributed by atoms with E-state index in [9.17, 15) is 4.79 Å². The van der Waals surface area contributed by atoms with Crippen LogP contribution in [0.3, 0.4) is 0 Å². The summed E-state index contributed by atoms with van der Waals surface area (Å²) in [6.07, 6.45) is 0.633. The van der Waals surface area contributed by atoms with E-state index in [0.29, 0.717) is 24.0 Å². The van der Waals surface area contributed by atoms with Crippen molar-refractivity contribution < 1.29 is 4.79 Å². The number of hydrogen-bond acceptors (Lipinski definition) is 5. The third kappa shape index (κ3) is 3.12. The Hall–Kier alpha value is -3.15. The number of aromatic nitrogens is 2. The first-order chi connectivity index (χ1) is 11.6. The summed E-state index contributed by atoms with van der Waals surface area (Å²) in [4.78, 5) is 15.7. The average Bonchev–Trinajstić information content (AvgIpc) is 2.55. The van der Waals surface area contributed by atoms with E-state index >= 15 is 0 Å². The number of fused-ring (bicyclic) bond motifs is 1. The molecule has 2 N–H and O–H groups in total. The van der Waals surface area contributed by atoms with E-state index < -0.39 is 0 Å². The first-order valence-electron chi connectivity index (χ1n) is 7.62. The maximum Gasteiger partial charge on any atom is 0.222 e. The van der Waals surface area contributed by atoms with Crippen molar-refractivity contribution in [2.75, 3.05) is 12.8 Å². The Bertz CT molecular complexity index is 961. The van der Waals surface area contributed by atoms with Crippen molar-refractivity contribution >= 4 is 23.3 Å². The molecular weight excluding hydrogens is 302 g/mol. The molecule has 2 aromatic carbocycles. The fourth-order valence-electron chi connectivity index (χ4n) is 2.65. The Morgan fingerprint density at radius 1 is 1.25 bits per heavy atom. The SMILES string of the molecule is Cc1cccc(CN(C)/N=c2/c3ccccc3nc(N)n2C=O)c1. The van der Waals surface area contributed by atoms with Gasteiger partial charge in [0.15, 0.2) is 5.49 Å². The summed E-state index contributed by atoms with van der Waals surface area (Å²) in [6.45, 7) is 2.68. The Morgan fingerprint density at radius 2 is 2.04 bits per heavy atom. The molecule has 0 unspecified atom stereocenters. The first-order valence-corrected chi connectivity index (χ1v) is 7.62. The van der Waals surface area contributed by atoms with E-state index in [-0.39, 0.29) is 5.95 Å². The lowest BCUT2D eigenvalue weighted by Gasteiger charge is -2.15. The van der Waals surface area contributed by atoms with Crippen molar-refractivity contribution in [3.63, 3.8) is 0 Å². The van der Waals surface area contributed by atoms with Crippen LogP contribution in [0.15, 0.2) is 53.6 Å². The number of carbonyl (C=O) groups excluding carboxylic acids is 1. The molecule has 0 amide bonds. The summed E-state index contributed by atoms with van der Waals surface area (Å²) in [7, 11) is 1.86. The molecule has 0 saturated carbocycles. The molecule has 3 aromatic rings. The summed E-state index contributed by atoms with van der Waals surface area (Å²) in [5.74, 6) is 0.117. The van der Waals surface area contributed by atoms with E-state index in [1.165, 1.54) is 10.1 Å². The molecule has 6 heteroatoms. The number of benzene rings is 2. The van der Waals surface area contributed by atoms with Crippen molar-refractivity contribution in [2.24, 2.45) is 5.10 Å². The van der Waals surface area contributed by atoms with Crippen LogP contribution in [0.5, 0.6) is 0 Å². The highest BCUT2D eigenvalue weighted by molar-refractivity contribution is 5.80. The van der Waals surface area contributed by atoms with Gasteiger partial charge in [0.25, 0.3) is 0 Å². The number of rotatable bonds is 4. The van der Waals surface area contributed by atoms with Crippen LogP contribution < -0.4 is 11.2 Å². The monoisotopic (exact) mass is 321 g/mol. The van der Waals surface area contributed by atoms with Crippen molar-refractivity contribution in [1.29, 1.82) is 0 Å². The molecule has 6 nitrogen and oxygen atoms in total. The smallest absolute Gasteiger partial charge is 0.222 e. The van der Waals surface area contributed by atoms with Crippen LogP contribution in [0.1, 0.15) is 11.1 Å². The molecule has 0 bridgehead atoms. The van der Waals surface area contributed by atoms with Gasteiger partial charge < -0.3 is 5.73 Å². The van der Waals surface area contributed by atoms with Crippen LogP contribution >= 0.6 is 0 Å². The summed E-state index contributed by atoms with van der Waals surface area (Å²) in [6, 6.07) is 15.7. The lowest BCUT2D eigenvalue weighted by atomic mass is 10.1. The van der Waals surface area contributed by atoms with E-state index in [0.717, 1.165) is 10.9 Å². The zero-order valence-corrected chi connectivity index (χ0v) is 13.7. The minimum atomic E-state index is 0.117. The summed E-state index contributed by atoms with van der Waals surface area (Å²) in [5.41, 5.74) is 9.41. The van der Waals surface area contributed by atoms with Crippen molar-refractivity contribution in [2.45, 2.75) is 13.5 Å². The lowest BCUT2D eigenvalue weighted by molar-refractivity contribution is 0.331. The van der Waals surface area contributed by atoms with Gasteiger partial charge in [-0.1, -0.05) is 42.0 Å². The van der Waals surface area contributed by atoms with Crippen LogP contribution in [0.4, 0.5) is 5.95 Å². The molecule has 24 heavy (non-hydrogen) atoms. The van der Waals surface area contributed by atoms with Crippen LogP contribution in [0, 0.1) is 6.92 Å². The number of nitrogen functional groups attached to an aromatic ring is 1. The second-order valence-corrected chi connectivity index (χ2v) is 5.69. The maximum atomic E-state index is 11.4. The predicted octanol–water partition coefficient (Wildman–Crippen LogP) is 1.91. The fourth-order valence-corrected chi connectivity index (χ4v) is 2.65. The Labute approximate surface area is 139 Å². The van der Waals surface area contributed by atoms with Gasteiger partial charge in [-0.05, 0) is 24.6 Å². The Morgan fingerprint density at radius 3 is 2.79 bits per heavy atom. The standard InChI is InChI=1S/C18H19N5O/c1-13-6-5-7-14(10-13)11-22(2)21-17-15-8-3-4-9-16(15)20-18(19)23(17)12-24/h3-10,12H,11H2,1-2H3,(H2,19,20)/b21-17-. The second kappa shape index (κ2) is 6.54. The molecule has 0 aliphatic rings. The van der Waals surface area contributed by atoms with Crippen LogP contribution in [0.25, 0.3) is 10.9 Å². The third-order valence-corrected chi connectivity index (χ3v) is 3.72. The van der Waals surface area contributed by atoms with Crippen molar-refractivity contribution in [3.8, 4) is 0 Å². The van der Waals surface area contributed by atoms with Gasteiger partial charge in [0, 0.05) is 12.4 Å². The summed E-state index contributed by atoms with van der Waals surface area (Å²) < 4.78 is 1.26. The molecule has 1 heterocycles. The molecule has 0 atom stereocenters. The number of carbonyl (C=O) groups is 1. The van der Waals surface area contributed by atoms with Gasteiger partial charge >= 0.3 is 0 Å². The van der Waals surface area contributed by atoms with Crippen molar-refractivity contribution in [3.05, 3.63) is 65.1 Å². The first kappa shape index (κ1) is 15.7. The summed E-state index contributed by atoms with van der Waals surface area (Å²) >= 11 is 0. The number of hydrogen-bond donors (Lipinski definition) is 1. The molecule has 122 valence electrons. The molecular formula is C18H19N5O. The van der Waals surface area contributed by atoms with E-state index in [1.54, 1.807) is 5.01 Å². The number of para-hydroxylation sites is 1. The quantitative estimate of drug-likeness (QED) is 0.588. The average molecular weight is 321 g/mol. The minimum Gasteiger partial charge on any atom is -0.369 e. The normalized spacial score (nSPS) is 11.7. The van der Waals surface area contributed by atoms with Crippen LogP contribution in [0.2, 0.25) is 0 Å². The molecule has 3 rings (SSSR count). The molecule has 1 aromatic heterocycles. The Balaban J connectivity index is 2.09. The lowest BCUT2D eigenvalue weighted by Crippen LogP contribution is -2.29. The van der Waals surface area contributed by atoms with Gasteiger partial charge in [0.05, 0.1) is 12.1 Å². The van der Waals surface area contributed by atoms with Gasteiger partial charge in [0.1, 0.15) is 0 Å². The number of anilines is 1. The van der Waals surface area contributed by atoms with Gasteiger partial charge in [-0.25, -0.2) is 9.55 Å². The number of nitrogens with zero attached hydrogens (tertiary/aromatic N) is 4. The van der Waals surface area contributed by atoms with Gasteiger partial charge in [-0.2, -0.15) is 5.10 Å². The van der Waals surface area contributed by atoms with Gasteiger partial charge in [-0.15, -0.1) is 0 Å². The van der Waals surface area contributed by atoms with E-state index in [2.05, 4.69) is 29.1 Å². The molecule has 0 saturated heterocycles. The predicted molar refractivity (Wildman–Crippen MR) is 94.5 cm³/mol. The Kier molecular flexibility index (Phi) is 4.29. The molecule has 0 aliphatic heterocycles. The van der Waals surface area contributed by atoms with E-state index in [4.69, 9.17) is 5.73 Å². The third-order valence-electron chi connectivity index (χ3n) is 3.72. The molecule has 0 radical (unpaired) electrons. The second-order valence-electron chi connectivity index (χ2n) is 5.69. The van der Waals surface area contributed by atoms with Crippen LogP contribution in [-0.2, 0) is 11.3 Å².